The monoisotopic (exact) mass is 265 g/mol. The Morgan fingerprint density at radius 3 is 2.63 bits per heavy atom. The minimum Gasteiger partial charge on any atom is -0.361 e. The van der Waals surface area contributed by atoms with Crippen LogP contribution >= 0.6 is 0 Å². The van der Waals surface area contributed by atoms with Crippen LogP contribution in [-0.2, 0) is 11.3 Å². The number of carbonyl (C=O) groups excluding carboxylic acids is 1. The van der Waals surface area contributed by atoms with Gasteiger partial charge < -0.3 is 15.6 Å². The van der Waals surface area contributed by atoms with E-state index in [9.17, 15) is 4.79 Å². The third-order valence-corrected chi connectivity index (χ3v) is 4.04. The largest absolute Gasteiger partial charge is 0.361 e. The van der Waals surface area contributed by atoms with E-state index in [1.165, 1.54) is 12.8 Å². The molecule has 2 rings (SSSR count). The average molecular weight is 265 g/mol. The standard InChI is InChI=1S/C14H23N3O2/c1-11-8-12(17-19-11)9-16-13(18)14(10-15)6-4-2-3-5-7-14/h8H,2-7,9-10,15H2,1H3,(H,16,18). The smallest absolute Gasteiger partial charge is 0.227 e. The van der Waals surface area contributed by atoms with Crippen molar-refractivity contribution in [2.24, 2.45) is 11.1 Å². The third-order valence-electron chi connectivity index (χ3n) is 4.04. The second-order valence-electron chi connectivity index (χ2n) is 5.51. The number of aryl methyl sites for hydroxylation is 1. The Kier molecular flexibility index (Phi) is 4.58. The highest BCUT2D eigenvalue weighted by atomic mass is 16.5. The van der Waals surface area contributed by atoms with Crippen molar-refractivity contribution in [3.63, 3.8) is 0 Å². The molecule has 0 bridgehead atoms. The summed E-state index contributed by atoms with van der Waals surface area (Å²) >= 11 is 0. The molecule has 1 fully saturated rings. The molecule has 5 nitrogen and oxygen atoms in total. The predicted molar refractivity (Wildman–Crippen MR) is 72.3 cm³/mol. The van der Waals surface area contributed by atoms with Crippen LogP contribution in [0.3, 0.4) is 0 Å². The summed E-state index contributed by atoms with van der Waals surface area (Å²) in [7, 11) is 0. The summed E-state index contributed by atoms with van der Waals surface area (Å²) in [5, 5.41) is 6.84. The van der Waals surface area contributed by atoms with Crippen molar-refractivity contribution in [3.05, 3.63) is 17.5 Å². The molecule has 0 atom stereocenters. The van der Waals surface area contributed by atoms with Gasteiger partial charge >= 0.3 is 0 Å². The molecule has 1 aliphatic rings. The maximum Gasteiger partial charge on any atom is 0.227 e. The molecule has 3 N–H and O–H groups in total. The Balaban J connectivity index is 1.96. The number of hydrogen-bond donors (Lipinski definition) is 2. The van der Waals surface area contributed by atoms with Gasteiger partial charge in [-0.05, 0) is 19.8 Å². The molecular formula is C14H23N3O2. The molecule has 0 radical (unpaired) electrons. The van der Waals surface area contributed by atoms with Crippen molar-refractivity contribution >= 4 is 5.91 Å². The van der Waals surface area contributed by atoms with Crippen LogP contribution in [0.5, 0.6) is 0 Å². The van der Waals surface area contributed by atoms with Crippen LogP contribution in [-0.4, -0.2) is 17.6 Å². The van der Waals surface area contributed by atoms with Crippen molar-refractivity contribution in [2.75, 3.05) is 6.54 Å². The van der Waals surface area contributed by atoms with Crippen LogP contribution in [0.15, 0.2) is 10.6 Å². The first-order valence-corrected chi connectivity index (χ1v) is 7.07. The Labute approximate surface area is 113 Å². The molecule has 19 heavy (non-hydrogen) atoms. The molecule has 5 heteroatoms. The normalized spacial score (nSPS) is 18.8. The van der Waals surface area contributed by atoms with Gasteiger partial charge in [0.25, 0.3) is 0 Å². The van der Waals surface area contributed by atoms with Gasteiger partial charge in [-0.3, -0.25) is 4.79 Å². The van der Waals surface area contributed by atoms with Gasteiger partial charge in [0.2, 0.25) is 5.91 Å². The van der Waals surface area contributed by atoms with Crippen LogP contribution in [0.2, 0.25) is 0 Å². The number of rotatable bonds is 4. The lowest BCUT2D eigenvalue weighted by Gasteiger charge is -2.29. The zero-order valence-corrected chi connectivity index (χ0v) is 11.6. The molecule has 1 aromatic heterocycles. The van der Waals surface area contributed by atoms with Crippen molar-refractivity contribution in [3.8, 4) is 0 Å². The van der Waals surface area contributed by atoms with Gasteiger partial charge in [0.1, 0.15) is 11.5 Å². The molecule has 0 spiro atoms. The Bertz CT molecular complexity index is 420. The second kappa shape index (κ2) is 6.19. The first-order chi connectivity index (χ1) is 9.16. The molecule has 1 aromatic rings. The number of amides is 1. The lowest BCUT2D eigenvalue weighted by atomic mass is 9.79. The molecule has 1 aliphatic carbocycles. The van der Waals surface area contributed by atoms with E-state index in [0.717, 1.165) is 37.1 Å². The van der Waals surface area contributed by atoms with Crippen LogP contribution in [0.25, 0.3) is 0 Å². The van der Waals surface area contributed by atoms with Crippen LogP contribution in [0.4, 0.5) is 0 Å². The molecule has 106 valence electrons. The molecule has 1 saturated carbocycles. The zero-order valence-electron chi connectivity index (χ0n) is 11.6. The highest BCUT2D eigenvalue weighted by molar-refractivity contribution is 5.82. The fraction of sp³-hybridized carbons (Fsp3) is 0.714. The van der Waals surface area contributed by atoms with Gasteiger partial charge in [-0.25, -0.2) is 0 Å². The summed E-state index contributed by atoms with van der Waals surface area (Å²) in [5.74, 6) is 0.824. The number of nitrogens with zero attached hydrogens (tertiary/aromatic N) is 1. The van der Waals surface area contributed by atoms with Gasteiger partial charge in [-0.1, -0.05) is 30.8 Å². The van der Waals surface area contributed by atoms with Crippen LogP contribution < -0.4 is 11.1 Å². The molecule has 0 aromatic carbocycles. The maximum atomic E-state index is 12.4. The van der Waals surface area contributed by atoms with Crippen molar-refractivity contribution in [2.45, 2.75) is 52.0 Å². The number of carbonyl (C=O) groups is 1. The first-order valence-electron chi connectivity index (χ1n) is 7.07. The minimum absolute atomic E-state index is 0.0672. The number of aromatic nitrogens is 1. The summed E-state index contributed by atoms with van der Waals surface area (Å²) in [4.78, 5) is 12.4. The minimum atomic E-state index is -0.380. The van der Waals surface area contributed by atoms with Gasteiger partial charge in [-0.15, -0.1) is 0 Å². The molecule has 0 unspecified atom stereocenters. The van der Waals surface area contributed by atoms with E-state index in [1.807, 2.05) is 13.0 Å². The van der Waals surface area contributed by atoms with Crippen molar-refractivity contribution in [1.29, 1.82) is 0 Å². The molecule has 0 aliphatic heterocycles. The highest BCUT2D eigenvalue weighted by Gasteiger charge is 2.36. The first kappa shape index (κ1) is 14.1. The van der Waals surface area contributed by atoms with E-state index >= 15 is 0 Å². The van der Waals surface area contributed by atoms with Crippen molar-refractivity contribution < 1.29 is 9.32 Å². The zero-order chi connectivity index (χ0) is 13.7. The van der Waals surface area contributed by atoms with Crippen LogP contribution in [0, 0.1) is 12.3 Å². The summed E-state index contributed by atoms with van der Waals surface area (Å²) in [5.41, 5.74) is 6.26. The lowest BCUT2D eigenvalue weighted by Crippen LogP contribution is -2.45. The van der Waals surface area contributed by atoms with Crippen molar-refractivity contribution in [1.82, 2.24) is 10.5 Å². The fourth-order valence-electron chi connectivity index (χ4n) is 2.79. The van der Waals surface area contributed by atoms with Crippen LogP contribution in [0.1, 0.15) is 50.0 Å². The van der Waals surface area contributed by atoms with E-state index < -0.39 is 0 Å². The summed E-state index contributed by atoms with van der Waals surface area (Å²) in [6, 6.07) is 1.84. The van der Waals surface area contributed by atoms with E-state index in [4.69, 9.17) is 10.3 Å². The predicted octanol–water partition coefficient (Wildman–Crippen LogP) is 1.90. The Morgan fingerprint density at radius 1 is 1.42 bits per heavy atom. The molecule has 1 amide bonds. The van der Waals surface area contributed by atoms with Gasteiger partial charge in [-0.2, -0.15) is 0 Å². The Hall–Kier alpha value is -1.36. The van der Waals surface area contributed by atoms with E-state index in [-0.39, 0.29) is 11.3 Å². The summed E-state index contributed by atoms with van der Waals surface area (Å²) in [6.07, 6.45) is 6.39. The molecule has 0 saturated heterocycles. The van der Waals surface area contributed by atoms with E-state index in [0.29, 0.717) is 13.1 Å². The SMILES string of the molecule is Cc1cc(CNC(=O)C2(CN)CCCCCC2)no1. The maximum absolute atomic E-state index is 12.4. The van der Waals surface area contributed by atoms with E-state index in [2.05, 4.69) is 10.5 Å². The number of nitrogens with two attached hydrogens (primary N) is 1. The third kappa shape index (κ3) is 3.35. The average Bonchev–Trinajstić information content (AvgIpc) is 2.69. The Morgan fingerprint density at radius 2 is 2.11 bits per heavy atom. The van der Waals surface area contributed by atoms with Gasteiger partial charge in [0.05, 0.1) is 12.0 Å². The lowest BCUT2D eigenvalue weighted by molar-refractivity contribution is -0.131. The highest BCUT2D eigenvalue weighted by Crippen LogP contribution is 2.34. The molecule has 1 heterocycles. The number of hydrogen-bond acceptors (Lipinski definition) is 4. The van der Waals surface area contributed by atoms with Gasteiger partial charge in [0, 0.05) is 12.6 Å². The summed E-state index contributed by atoms with van der Waals surface area (Å²) in [6.45, 7) is 2.68. The quantitative estimate of drug-likeness (QED) is 0.815. The van der Waals surface area contributed by atoms with Gasteiger partial charge in [0.15, 0.2) is 0 Å². The molecular weight excluding hydrogens is 242 g/mol. The van der Waals surface area contributed by atoms with E-state index in [1.54, 1.807) is 0 Å². The topological polar surface area (TPSA) is 81.2 Å². The second-order valence-corrected chi connectivity index (χ2v) is 5.51. The summed E-state index contributed by atoms with van der Waals surface area (Å²) < 4.78 is 4.99. The number of nitrogens with one attached hydrogen (secondary N) is 1. The fourth-order valence-corrected chi connectivity index (χ4v) is 2.79.